The molecule has 0 radical (unpaired) electrons. The van der Waals surface area contributed by atoms with E-state index in [-0.39, 0.29) is 0 Å². The largest absolute Gasteiger partial charge is 0.298 e. The van der Waals surface area contributed by atoms with E-state index < -0.39 is 0 Å². The highest BCUT2D eigenvalue weighted by molar-refractivity contribution is 7.15. The smallest absolute Gasteiger partial charge is 0.250 e. The van der Waals surface area contributed by atoms with Crippen LogP contribution >= 0.6 is 11.3 Å². The molecule has 0 saturated carbocycles. The lowest BCUT2D eigenvalue weighted by Gasteiger charge is -1.96. The van der Waals surface area contributed by atoms with Crippen molar-refractivity contribution < 1.29 is 4.79 Å². The summed E-state index contributed by atoms with van der Waals surface area (Å²) in [4.78, 5) is 21.7. The molecule has 0 saturated heterocycles. The molecule has 3 heterocycles. The number of nitrogens with zero attached hydrogens (tertiary/aromatic N) is 4. The maximum atomic E-state index is 11.2. The summed E-state index contributed by atoms with van der Waals surface area (Å²) in [7, 11) is 0. The quantitative estimate of drug-likeness (QED) is 0.691. The van der Waals surface area contributed by atoms with Gasteiger partial charge in [-0.3, -0.25) is 4.79 Å². The Bertz CT molecular complexity index is 733. The molecule has 0 aliphatic rings. The Morgan fingerprint density at radius 1 is 1.30 bits per heavy atom. The number of rotatable bonds is 4. The number of thiophene rings is 1. The second-order valence-corrected chi connectivity index (χ2v) is 5.33. The minimum absolute atomic E-state index is 0.453. The van der Waals surface area contributed by atoms with Crippen LogP contribution in [0.3, 0.4) is 0 Å². The fraction of sp³-hybridized carbons (Fsp3) is 0.143. The van der Waals surface area contributed by atoms with Crippen molar-refractivity contribution in [2.45, 2.75) is 13.3 Å². The minimum Gasteiger partial charge on any atom is -0.298 e. The Balaban J connectivity index is 2.07. The van der Waals surface area contributed by atoms with E-state index in [0.717, 1.165) is 17.6 Å². The van der Waals surface area contributed by atoms with Crippen molar-refractivity contribution in [1.82, 2.24) is 19.7 Å². The molecule has 0 aromatic carbocycles. The standard InChI is InChI=1S/C14H12N4OS/c1-2-11-4-5-12(20-11)13-10(9-19)8-18(17-13)14-15-6-3-7-16-14/h3-9H,2H2,1H3. The number of aryl methyl sites for hydroxylation is 1. The summed E-state index contributed by atoms with van der Waals surface area (Å²) in [5.41, 5.74) is 1.22. The van der Waals surface area contributed by atoms with Gasteiger partial charge in [-0.15, -0.1) is 11.3 Å². The van der Waals surface area contributed by atoms with Gasteiger partial charge in [0.25, 0.3) is 0 Å². The van der Waals surface area contributed by atoms with Gasteiger partial charge in [-0.05, 0) is 24.6 Å². The number of aromatic nitrogens is 4. The molecule has 6 heteroatoms. The SMILES string of the molecule is CCc1ccc(-c2nn(-c3ncccn3)cc2C=O)s1. The number of aldehydes is 1. The Kier molecular flexibility index (Phi) is 3.39. The number of hydrogen-bond donors (Lipinski definition) is 0. The molecule has 0 spiro atoms. The minimum atomic E-state index is 0.453. The summed E-state index contributed by atoms with van der Waals surface area (Å²) in [5.74, 6) is 0.453. The molecule has 0 unspecified atom stereocenters. The van der Waals surface area contributed by atoms with Gasteiger partial charge in [0.2, 0.25) is 5.95 Å². The molecule has 20 heavy (non-hydrogen) atoms. The highest BCUT2D eigenvalue weighted by Crippen LogP contribution is 2.29. The second kappa shape index (κ2) is 5.34. The van der Waals surface area contributed by atoms with Crippen LogP contribution in [0.5, 0.6) is 0 Å². The van der Waals surface area contributed by atoms with Crippen LogP contribution < -0.4 is 0 Å². The second-order valence-electron chi connectivity index (χ2n) is 4.16. The van der Waals surface area contributed by atoms with Gasteiger partial charge in [0.15, 0.2) is 6.29 Å². The molecule has 3 rings (SSSR count). The molecule has 3 aromatic heterocycles. The molecule has 0 fully saturated rings. The van der Waals surface area contributed by atoms with Crippen LogP contribution in [0.2, 0.25) is 0 Å². The molecule has 0 amide bonds. The predicted molar refractivity (Wildman–Crippen MR) is 77.2 cm³/mol. The van der Waals surface area contributed by atoms with Gasteiger partial charge < -0.3 is 0 Å². The highest BCUT2D eigenvalue weighted by atomic mass is 32.1. The molecule has 0 bridgehead atoms. The fourth-order valence-corrected chi connectivity index (χ4v) is 2.83. The van der Waals surface area contributed by atoms with E-state index in [0.29, 0.717) is 17.2 Å². The van der Waals surface area contributed by atoms with Crippen molar-refractivity contribution in [2.75, 3.05) is 0 Å². The Morgan fingerprint density at radius 2 is 2.10 bits per heavy atom. The molecular formula is C14H12N4OS. The maximum absolute atomic E-state index is 11.2. The Hall–Kier alpha value is -2.34. The zero-order chi connectivity index (χ0) is 13.9. The van der Waals surface area contributed by atoms with E-state index in [1.807, 2.05) is 6.07 Å². The lowest BCUT2D eigenvalue weighted by Crippen LogP contribution is -2.00. The van der Waals surface area contributed by atoms with E-state index in [2.05, 4.69) is 28.1 Å². The first-order valence-electron chi connectivity index (χ1n) is 6.23. The summed E-state index contributed by atoms with van der Waals surface area (Å²) in [6.07, 6.45) is 6.73. The molecule has 5 nitrogen and oxygen atoms in total. The van der Waals surface area contributed by atoms with Crippen molar-refractivity contribution in [1.29, 1.82) is 0 Å². The van der Waals surface area contributed by atoms with Gasteiger partial charge in [0.1, 0.15) is 5.69 Å². The molecule has 100 valence electrons. The van der Waals surface area contributed by atoms with Crippen LogP contribution in [0.1, 0.15) is 22.2 Å². The van der Waals surface area contributed by atoms with E-state index in [4.69, 9.17) is 0 Å². The van der Waals surface area contributed by atoms with Crippen LogP contribution in [0.4, 0.5) is 0 Å². The maximum Gasteiger partial charge on any atom is 0.250 e. The van der Waals surface area contributed by atoms with Gasteiger partial charge in [-0.25, -0.2) is 14.6 Å². The van der Waals surface area contributed by atoms with E-state index >= 15 is 0 Å². The first kappa shape index (κ1) is 12.7. The fourth-order valence-electron chi connectivity index (χ4n) is 1.87. The lowest BCUT2D eigenvalue weighted by atomic mass is 10.2. The summed E-state index contributed by atoms with van der Waals surface area (Å²) in [6.45, 7) is 2.10. The van der Waals surface area contributed by atoms with Crippen LogP contribution in [0, 0.1) is 0 Å². The van der Waals surface area contributed by atoms with Crippen molar-refractivity contribution in [2.24, 2.45) is 0 Å². The zero-order valence-electron chi connectivity index (χ0n) is 10.9. The topological polar surface area (TPSA) is 60.7 Å². The zero-order valence-corrected chi connectivity index (χ0v) is 11.7. The molecule has 0 N–H and O–H groups in total. The number of carbonyl (C=O) groups excluding carboxylic acids is 1. The molecule has 3 aromatic rings. The van der Waals surface area contributed by atoms with Crippen molar-refractivity contribution in [3.8, 4) is 16.5 Å². The first-order chi connectivity index (χ1) is 9.81. The molecular weight excluding hydrogens is 272 g/mol. The third-order valence-corrected chi connectivity index (χ3v) is 4.11. The summed E-state index contributed by atoms with van der Waals surface area (Å²) < 4.78 is 1.53. The average Bonchev–Trinajstić information content (AvgIpc) is 3.14. The van der Waals surface area contributed by atoms with E-state index in [1.165, 1.54) is 9.56 Å². The normalized spacial score (nSPS) is 10.7. The monoisotopic (exact) mass is 284 g/mol. The molecule has 0 atom stereocenters. The third kappa shape index (κ3) is 2.25. The van der Waals surface area contributed by atoms with E-state index in [1.54, 1.807) is 36.0 Å². The van der Waals surface area contributed by atoms with Gasteiger partial charge in [0, 0.05) is 23.5 Å². The summed E-state index contributed by atoms with van der Waals surface area (Å²) >= 11 is 1.65. The van der Waals surface area contributed by atoms with Crippen LogP contribution in [-0.2, 0) is 6.42 Å². The highest BCUT2D eigenvalue weighted by Gasteiger charge is 2.14. The lowest BCUT2D eigenvalue weighted by molar-refractivity contribution is 0.112. The molecule has 0 aliphatic carbocycles. The van der Waals surface area contributed by atoms with Gasteiger partial charge in [-0.2, -0.15) is 5.10 Å². The van der Waals surface area contributed by atoms with Gasteiger partial charge in [0.05, 0.1) is 10.4 Å². The number of carbonyl (C=O) groups is 1. The average molecular weight is 284 g/mol. The summed E-state index contributed by atoms with van der Waals surface area (Å²) in [6, 6.07) is 5.79. The van der Waals surface area contributed by atoms with Crippen molar-refractivity contribution in [3.63, 3.8) is 0 Å². The van der Waals surface area contributed by atoms with Gasteiger partial charge >= 0.3 is 0 Å². The third-order valence-electron chi connectivity index (χ3n) is 2.87. The first-order valence-corrected chi connectivity index (χ1v) is 7.04. The van der Waals surface area contributed by atoms with Crippen molar-refractivity contribution in [3.05, 3.63) is 47.2 Å². The molecule has 0 aliphatic heterocycles. The predicted octanol–water partition coefficient (Wildman–Crippen LogP) is 2.77. The number of hydrogen-bond acceptors (Lipinski definition) is 5. The van der Waals surface area contributed by atoms with Crippen molar-refractivity contribution >= 4 is 17.6 Å². The van der Waals surface area contributed by atoms with Crippen LogP contribution in [-0.4, -0.2) is 26.0 Å². The van der Waals surface area contributed by atoms with E-state index in [9.17, 15) is 4.79 Å². The Labute approximate surface area is 119 Å². The summed E-state index contributed by atoms with van der Waals surface area (Å²) in [5, 5.41) is 4.44. The van der Waals surface area contributed by atoms with Crippen LogP contribution in [0.25, 0.3) is 16.5 Å². The Morgan fingerprint density at radius 3 is 2.75 bits per heavy atom. The van der Waals surface area contributed by atoms with Gasteiger partial charge in [-0.1, -0.05) is 6.92 Å². The van der Waals surface area contributed by atoms with Crippen LogP contribution in [0.15, 0.2) is 36.8 Å².